The molecule has 2 aliphatic heterocycles. The lowest BCUT2D eigenvalue weighted by Gasteiger charge is -2.32. The van der Waals surface area contributed by atoms with E-state index in [9.17, 15) is 32.0 Å². The standard InChI is InChI=1S/C28H27F2N3O7S2/c29-27(30)40-28(20-7-2-1-3-8-20,23-9-4-5-16-32(23)36)19-39-26(35)25-33(17-18-41-25)42(37,38)22-13-11-21(12-14-22)31-15-6-10-24(31)34/h1-5,7-9,11-14,16,25,27H,6,10,15,17-19H2/t25-,28?/m0/s1. The predicted molar refractivity (Wildman–Crippen MR) is 149 cm³/mol. The number of halogens is 2. The van der Waals surface area contributed by atoms with Gasteiger partial charge in [-0.15, -0.1) is 11.8 Å². The molecule has 0 radical (unpaired) electrons. The van der Waals surface area contributed by atoms with Crippen LogP contribution >= 0.6 is 11.8 Å². The van der Waals surface area contributed by atoms with Crippen molar-refractivity contribution in [1.29, 1.82) is 0 Å². The van der Waals surface area contributed by atoms with Crippen LogP contribution in [0.2, 0.25) is 0 Å². The molecule has 0 N–H and O–H groups in total. The summed E-state index contributed by atoms with van der Waals surface area (Å²) in [4.78, 5) is 26.9. The van der Waals surface area contributed by atoms with Gasteiger partial charge in [0.15, 0.2) is 11.6 Å². The zero-order valence-corrected chi connectivity index (χ0v) is 23.8. The summed E-state index contributed by atoms with van der Waals surface area (Å²) in [7, 11) is -4.17. The molecule has 0 bridgehead atoms. The van der Waals surface area contributed by atoms with E-state index in [2.05, 4.69) is 0 Å². The first kappa shape index (κ1) is 29.9. The fourth-order valence-corrected chi connectivity index (χ4v) is 8.11. The van der Waals surface area contributed by atoms with Gasteiger partial charge in [-0.2, -0.15) is 17.8 Å². The van der Waals surface area contributed by atoms with Crippen molar-refractivity contribution in [3.8, 4) is 0 Å². The molecule has 1 amide bonds. The SMILES string of the molecule is O=C(OCC(OC(F)F)(c1ccccc1)c1cccc[n+]1[O-])[C@@H]1SCCN1S(=O)(=O)c1ccc(N2CCCC2=O)cc1. The molecule has 2 saturated heterocycles. The van der Waals surface area contributed by atoms with Gasteiger partial charge >= 0.3 is 12.6 Å². The van der Waals surface area contributed by atoms with E-state index in [1.165, 1.54) is 42.5 Å². The Hall–Kier alpha value is -3.59. The number of anilines is 1. The van der Waals surface area contributed by atoms with E-state index in [-0.39, 0.29) is 34.4 Å². The average molecular weight is 620 g/mol. The third kappa shape index (κ3) is 5.84. The van der Waals surface area contributed by atoms with Gasteiger partial charge < -0.3 is 14.8 Å². The van der Waals surface area contributed by atoms with Crippen molar-refractivity contribution in [1.82, 2.24) is 4.31 Å². The zero-order chi connectivity index (χ0) is 29.9. The van der Waals surface area contributed by atoms with Gasteiger partial charge in [0, 0.05) is 43.1 Å². The van der Waals surface area contributed by atoms with Gasteiger partial charge in [0.1, 0.15) is 6.61 Å². The van der Waals surface area contributed by atoms with Crippen molar-refractivity contribution in [3.63, 3.8) is 0 Å². The lowest BCUT2D eigenvalue weighted by Crippen LogP contribution is -2.49. The van der Waals surface area contributed by atoms with Gasteiger partial charge in [0.05, 0.1) is 4.90 Å². The Balaban J connectivity index is 1.40. The van der Waals surface area contributed by atoms with E-state index < -0.39 is 40.2 Å². The van der Waals surface area contributed by atoms with Gasteiger partial charge in [-0.25, -0.2) is 13.2 Å². The summed E-state index contributed by atoms with van der Waals surface area (Å²) in [5.41, 5.74) is -1.72. The Morgan fingerprint density at radius 3 is 2.43 bits per heavy atom. The Kier molecular flexibility index (Phi) is 8.78. The topological polar surface area (TPSA) is 120 Å². The summed E-state index contributed by atoms with van der Waals surface area (Å²) >= 11 is 1.03. The first-order chi connectivity index (χ1) is 20.1. The number of hydrogen-bond acceptors (Lipinski definition) is 8. The number of pyridine rings is 1. The number of thioether (sulfide) groups is 1. The molecule has 1 aromatic heterocycles. The van der Waals surface area contributed by atoms with Crippen LogP contribution in [0.3, 0.4) is 0 Å². The molecular formula is C28H27F2N3O7S2. The highest BCUT2D eigenvalue weighted by Gasteiger charge is 2.48. The molecule has 2 aliphatic rings. The first-order valence-electron chi connectivity index (χ1n) is 13.0. The van der Waals surface area contributed by atoms with E-state index in [0.29, 0.717) is 23.4 Å². The van der Waals surface area contributed by atoms with Gasteiger partial charge in [-0.1, -0.05) is 30.3 Å². The number of carbonyl (C=O) groups is 2. The van der Waals surface area contributed by atoms with Gasteiger partial charge in [-0.05, 0) is 42.3 Å². The molecule has 1 unspecified atom stereocenters. The largest absolute Gasteiger partial charge is 0.618 e. The second-order valence-electron chi connectivity index (χ2n) is 9.57. The molecule has 5 rings (SSSR count). The summed E-state index contributed by atoms with van der Waals surface area (Å²) in [6.45, 7) is -3.61. The number of carbonyl (C=O) groups excluding carboxylic acids is 2. The first-order valence-corrected chi connectivity index (χ1v) is 15.5. The number of alkyl halides is 2. The van der Waals surface area contributed by atoms with Crippen LogP contribution in [-0.4, -0.2) is 62.0 Å². The highest BCUT2D eigenvalue weighted by molar-refractivity contribution is 8.02. The summed E-state index contributed by atoms with van der Waals surface area (Å²) in [6.07, 6.45) is 2.26. The van der Waals surface area contributed by atoms with Crippen molar-refractivity contribution in [2.45, 2.75) is 35.3 Å². The van der Waals surface area contributed by atoms with Gasteiger partial charge in [-0.3, -0.25) is 9.53 Å². The zero-order valence-electron chi connectivity index (χ0n) is 22.2. The minimum absolute atomic E-state index is 0.00966. The number of aromatic nitrogens is 1. The van der Waals surface area contributed by atoms with Gasteiger partial charge in [0.25, 0.3) is 0 Å². The van der Waals surface area contributed by atoms with Crippen molar-refractivity contribution >= 4 is 39.3 Å². The Bertz CT molecular complexity index is 1540. The molecular weight excluding hydrogens is 592 g/mol. The number of benzene rings is 2. The number of hydrogen-bond donors (Lipinski definition) is 0. The summed E-state index contributed by atoms with van der Waals surface area (Å²) < 4.78 is 66.6. The number of rotatable bonds is 10. The molecule has 2 aromatic carbocycles. The fraction of sp³-hybridized carbons (Fsp3) is 0.321. The minimum Gasteiger partial charge on any atom is -0.618 e. The second-order valence-corrected chi connectivity index (χ2v) is 12.7. The van der Waals surface area contributed by atoms with Crippen molar-refractivity contribution in [2.75, 3.05) is 30.3 Å². The van der Waals surface area contributed by atoms with Crippen LogP contribution in [0.1, 0.15) is 24.1 Å². The molecule has 2 atom stereocenters. The highest BCUT2D eigenvalue weighted by Crippen LogP contribution is 2.36. The molecule has 0 aliphatic carbocycles. The average Bonchev–Trinajstić information content (AvgIpc) is 3.66. The minimum atomic E-state index is -4.17. The van der Waals surface area contributed by atoms with Crippen LogP contribution in [0, 0.1) is 5.21 Å². The van der Waals surface area contributed by atoms with Crippen molar-refractivity contribution in [2.24, 2.45) is 0 Å². The maximum atomic E-state index is 13.8. The van der Waals surface area contributed by atoms with Crippen LogP contribution in [0.5, 0.6) is 0 Å². The molecule has 3 aromatic rings. The number of amides is 1. The molecule has 3 heterocycles. The van der Waals surface area contributed by atoms with E-state index in [1.54, 1.807) is 35.2 Å². The maximum Gasteiger partial charge on any atom is 0.346 e. The number of nitrogens with zero attached hydrogens (tertiary/aromatic N) is 3. The highest BCUT2D eigenvalue weighted by atomic mass is 32.2. The molecule has 222 valence electrons. The third-order valence-electron chi connectivity index (χ3n) is 7.06. The monoisotopic (exact) mass is 619 g/mol. The summed E-state index contributed by atoms with van der Waals surface area (Å²) in [5.74, 6) is -0.743. The van der Waals surface area contributed by atoms with E-state index in [4.69, 9.17) is 9.47 Å². The van der Waals surface area contributed by atoms with Crippen LogP contribution in [0.4, 0.5) is 14.5 Å². The molecule has 14 heteroatoms. The normalized spacial score (nSPS) is 19.3. The smallest absolute Gasteiger partial charge is 0.346 e. The Morgan fingerprint density at radius 2 is 1.79 bits per heavy atom. The number of esters is 1. The van der Waals surface area contributed by atoms with E-state index in [1.807, 2.05) is 0 Å². The quantitative estimate of drug-likeness (QED) is 0.193. The van der Waals surface area contributed by atoms with Crippen molar-refractivity contribution in [3.05, 3.63) is 95.5 Å². The Morgan fingerprint density at radius 1 is 1.07 bits per heavy atom. The lowest BCUT2D eigenvalue weighted by atomic mass is 9.90. The predicted octanol–water partition coefficient (Wildman–Crippen LogP) is 3.24. The van der Waals surface area contributed by atoms with Crippen LogP contribution < -0.4 is 9.63 Å². The summed E-state index contributed by atoms with van der Waals surface area (Å²) in [6, 6.07) is 17.7. The Labute approximate surface area is 245 Å². The van der Waals surface area contributed by atoms with Gasteiger partial charge in [0.2, 0.25) is 27.2 Å². The molecule has 10 nitrogen and oxygen atoms in total. The van der Waals surface area contributed by atoms with E-state index in [0.717, 1.165) is 28.7 Å². The fourth-order valence-electron chi connectivity index (χ4n) is 5.05. The second kappa shape index (κ2) is 12.3. The molecule has 2 fully saturated rings. The number of ether oxygens (including phenoxy) is 2. The number of sulfonamides is 1. The molecule has 42 heavy (non-hydrogen) atoms. The molecule has 0 spiro atoms. The summed E-state index contributed by atoms with van der Waals surface area (Å²) in [5, 5.41) is 11.4. The maximum absolute atomic E-state index is 13.8. The third-order valence-corrected chi connectivity index (χ3v) is 10.3. The lowest BCUT2D eigenvalue weighted by molar-refractivity contribution is -0.623. The van der Waals surface area contributed by atoms with Crippen LogP contribution in [0.15, 0.2) is 83.9 Å². The molecule has 0 saturated carbocycles. The van der Waals surface area contributed by atoms with Crippen LogP contribution in [-0.2, 0) is 34.7 Å². The van der Waals surface area contributed by atoms with E-state index >= 15 is 0 Å². The van der Waals surface area contributed by atoms with Crippen LogP contribution in [0.25, 0.3) is 0 Å². The van der Waals surface area contributed by atoms with Crippen molar-refractivity contribution < 1.29 is 41.0 Å².